The van der Waals surface area contributed by atoms with Crippen molar-refractivity contribution < 1.29 is 45.3 Å². The van der Waals surface area contributed by atoms with Gasteiger partial charge < -0.3 is 16.7 Å². The van der Waals surface area contributed by atoms with Gasteiger partial charge in [0.1, 0.15) is 17.0 Å². The third kappa shape index (κ3) is 2.97. The van der Waals surface area contributed by atoms with E-state index in [9.17, 15) is 9.59 Å². The SMILES string of the molecule is CC(C)c1ccc2oc3nc(N)c(C(=O)O)cc3c(=O)c2c1.[H-].[Na+]. The van der Waals surface area contributed by atoms with E-state index in [1.807, 2.05) is 19.9 Å². The molecule has 0 fully saturated rings. The van der Waals surface area contributed by atoms with Gasteiger partial charge in [0.2, 0.25) is 11.1 Å². The normalized spacial score (nSPS) is 10.9. The van der Waals surface area contributed by atoms with Crippen LogP contribution in [0, 0.1) is 0 Å². The fourth-order valence-corrected chi connectivity index (χ4v) is 2.34. The number of fused-ring (bicyclic) bond motifs is 2. The number of carbonyl (C=O) groups is 1. The molecular formula is C16H15N2NaO4. The van der Waals surface area contributed by atoms with Crippen molar-refractivity contribution in [2.24, 2.45) is 0 Å². The minimum Gasteiger partial charge on any atom is -1.00 e. The Labute approximate surface area is 155 Å². The average molecular weight is 322 g/mol. The molecule has 3 N–H and O–H groups in total. The molecule has 0 saturated heterocycles. The number of hydrogen-bond donors (Lipinski definition) is 2. The van der Waals surface area contributed by atoms with Crippen LogP contribution in [0.15, 0.2) is 33.5 Å². The molecule has 2 aromatic heterocycles. The monoisotopic (exact) mass is 322 g/mol. The molecule has 114 valence electrons. The number of benzene rings is 1. The summed E-state index contributed by atoms with van der Waals surface area (Å²) in [7, 11) is 0. The molecule has 3 aromatic rings. The fraction of sp³-hybridized carbons (Fsp3) is 0.188. The Morgan fingerprint density at radius 3 is 2.61 bits per heavy atom. The van der Waals surface area contributed by atoms with Crippen LogP contribution in [0.5, 0.6) is 0 Å². The van der Waals surface area contributed by atoms with Crippen LogP contribution in [0.2, 0.25) is 0 Å². The first-order chi connectivity index (χ1) is 10.4. The second-order valence-electron chi connectivity index (χ2n) is 5.42. The number of hydrogen-bond acceptors (Lipinski definition) is 5. The van der Waals surface area contributed by atoms with E-state index in [0.717, 1.165) is 5.56 Å². The number of aromatic carboxylic acids is 1. The third-order valence-electron chi connectivity index (χ3n) is 3.61. The number of rotatable bonds is 2. The Morgan fingerprint density at radius 1 is 1.30 bits per heavy atom. The molecule has 1 aromatic carbocycles. The van der Waals surface area contributed by atoms with Crippen molar-refractivity contribution in [1.29, 1.82) is 0 Å². The van der Waals surface area contributed by atoms with Crippen LogP contribution in [0.3, 0.4) is 0 Å². The first-order valence-corrected chi connectivity index (χ1v) is 6.78. The largest absolute Gasteiger partial charge is 1.00 e. The van der Waals surface area contributed by atoms with Crippen LogP contribution in [-0.2, 0) is 0 Å². The molecule has 0 aliphatic carbocycles. The van der Waals surface area contributed by atoms with E-state index in [1.54, 1.807) is 12.1 Å². The van der Waals surface area contributed by atoms with Crippen molar-refractivity contribution in [3.63, 3.8) is 0 Å². The van der Waals surface area contributed by atoms with Crippen LogP contribution in [0.1, 0.15) is 37.1 Å². The van der Waals surface area contributed by atoms with E-state index in [0.29, 0.717) is 11.0 Å². The quantitative estimate of drug-likeness (QED) is 0.502. The molecule has 0 spiro atoms. The summed E-state index contributed by atoms with van der Waals surface area (Å²) >= 11 is 0. The molecular weight excluding hydrogens is 307 g/mol. The number of aromatic nitrogens is 1. The number of pyridine rings is 1. The summed E-state index contributed by atoms with van der Waals surface area (Å²) in [5.41, 5.74) is 6.51. The van der Waals surface area contributed by atoms with E-state index in [1.165, 1.54) is 6.07 Å². The standard InChI is InChI=1S/C16H14N2O4.Na.H/c1-7(2)8-3-4-12-9(5-8)13(19)10-6-11(16(20)21)14(17)18-15(10)22-12;;/h3-7H,1-2H3,(H2,17,18)(H,20,21);;/q;+1;-1. The molecule has 0 bridgehead atoms. The van der Waals surface area contributed by atoms with Crippen molar-refractivity contribution >= 4 is 33.9 Å². The molecule has 0 unspecified atom stereocenters. The first-order valence-electron chi connectivity index (χ1n) is 6.78. The van der Waals surface area contributed by atoms with E-state index in [2.05, 4.69) is 4.98 Å². The molecule has 0 aliphatic rings. The summed E-state index contributed by atoms with van der Waals surface area (Å²) < 4.78 is 5.59. The van der Waals surface area contributed by atoms with Gasteiger partial charge in [-0.05, 0) is 29.7 Å². The molecule has 0 saturated carbocycles. The summed E-state index contributed by atoms with van der Waals surface area (Å²) in [6, 6.07) is 6.58. The van der Waals surface area contributed by atoms with Crippen LogP contribution in [0.25, 0.3) is 22.1 Å². The zero-order valence-corrected chi connectivity index (χ0v) is 15.1. The number of nitrogens with zero attached hydrogens (tertiary/aromatic N) is 1. The Hall–Kier alpha value is -1.89. The van der Waals surface area contributed by atoms with Crippen LogP contribution >= 0.6 is 0 Å². The predicted octanol–water partition coefficient (Wildman–Crippen LogP) is -0.139. The minimum atomic E-state index is -1.23. The van der Waals surface area contributed by atoms with Crippen LogP contribution < -0.4 is 40.7 Å². The maximum absolute atomic E-state index is 12.6. The van der Waals surface area contributed by atoms with Crippen molar-refractivity contribution in [3.05, 3.63) is 45.6 Å². The van der Waals surface area contributed by atoms with Crippen molar-refractivity contribution in [3.8, 4) is 0 Å². The number of nitrogens with two attached hydrogens (primary N) is 1. The molecule has 7 heteroatoms. The Kier molecular flexibility index (Phi) is 4.79. The number of nitrogen functional groups attached to an aromatic ring is 1. The summed E-state index contributed by atoms with van der Waals surface area (Å²) in [5.74, 6) is -1.15. The Morgan fingerprint density at radius 2 is 2.00 bits per heavy atom. The fourth-order valence-electron chi connectivity index (χ4n) is 2.34. The van der Waals surface area contributed by atoms with Gasteiger partial charge >= 0.3 is 35.5 Å². The van der Waals surface area contributed by atoms with Gasteiger partial charge in [-0.15, -0.1) is 0 Å². The molecule has 3 rings (SSSR count). The van der Waals surface area contributed by atoms with Gasteiger partial charge in [-0.3, -0.25) is 4.79 Å². The van der Waals surface area contributed by atoms with Crippen LogP contribution in [0.4, 0.5) is 5.82 Å². The van der Waals surface area contributed by atoms with Crippen molar-refractivity contribution in [2.45, 2.75) is 19.8 Å². The molecule has 6 nitrogen and oxygen atoms in total. The van der Waals surface area contributed by atoms with Gasteiger partial charge in [0.05, 0.1) is 10.8 Å². The van der Waals surface area contributed by atoms with Gasteiger partial charge in [-0.1, -0.05) is 19.9 Å². The van der Waals surface area contributed by atoms with E-state index in [4.69, 9.17) is 15.3 Å². The first kappa shape index (κ1) is 17.5. The summed E-state index contributed by atoms with van der Waals surface area (Å²) in [4.78, 5) is 27.6. The van der Waals surface area contributed by atoms with E-state index in [-0.39, 0.29) is 64.8 Å². The molecule has 0 amide bonds. The zero-order valence-electron chi connectivity index (χ0n) is 14.1. The number of carboxylic acid groups (broad SMARTS) is 1. The topological polar surface area (TPSA) is 106 Å². The maximum Gasteiger partial charge on any atom is 1.00 e. The van der Waals surface area contributed by atoms with Gasteiger partial charge in [-0.25, -0.2) is 4.79 Å². The summed E-state index contributed by atoms with van der Waals surface area (Å²) in [6.07, 6.45) is 0. The average Bonchev–Trinajstić information content (AvgIpc) is 2.46. The maximum atomic E-state index is 12.6. The molecule has 2 heterocycles. The number of anilines is 1. The van der Waals surface area contributed by atoms with Gasteiger partial charge in [-0.2, -0.15) is 4.98 Å². The molecule has 23 heavy (non-hydrogen) atoms. The summed E-state index contributed by atoms with van der Waals surface area (Å²) in [6.45, 7) is 4.04. The van der Waals surface area contributed by atoms with Crippen molar-refractivity contribution in [2.75, 3.05) is 5.73 Å². The van der Waals surface area contributed by atoms with Crippen molar-refractivity contribution in [1.82, 2.24) is 4.98 Å². The van der Waals surface area contributed by atoms with Gasteiger partial charge in [0, 0.05) is 0 Å². The van der Waals surface area contributed by atoms with E-state index < -0.39 is 5.97 Å². The van der Waals surface area contributed by atoms with Gasteiger partial charge in [0.25, 0.3) is 0 Å². The Bertz CT molecular complexity index is 985. The Balaban J connectivity index is 0.00000144. The second kappa shape index (κ2) is 6.31. The zero-order chi connectivity index (χ0) is 16.0. The molecule has 0 aliphatic heterocycles. The summed E-state index contributed by atoms with van der Waals surface area (Å²) in [5, 5.41) is 9.61. The van der Waals surface area contributed by atoms with Gasteiger partial charge in [0.15, 0.2) is 0 Å². The van der Waals surface area contributed by atoms with Crippen LogP contribution in [-0.4, -0.2) is 16.1 Å². The third-order valence-corrected chi connectivity index (χ3v) is 3.61. The number of carboxylic acids is 1. The predicted molar refractivity (Wildman–Crippen MR) is 84.4 cm³/mol. The van der Waals surface area contributed by atoms with E-state index >= 15 is 0 Å². The molecule has 0 radical (unpaired) electrons. The smallest absolute Gasteiger partial charge is 1.00 e. The minimum absolute atomic E-state index is 0. The molecule has 0 atom stereocenters. The second-order valence-corrected chi connectivity index (χ2v) is 5.42.